The Hall–Kier alpha value is -2.59. The Bertz CT molecular complexity index is 1100. The van der Waals surface area contributed by atoms with Crippen molar-refractivity contribution in [1.82, 2.24) is 19.9 Å². The summed E-state index contributed by atoms with van der Waals surface area (Å²) in [5.41, 5.74) is 2.94. The molecule has 0 aliphatic rings. The van der Waals surface area contributed by atoms with E-state index in [2.05, 4.69) is 51.5 Å². The largest absolute Gasteiger partial charge is 0.548 e. The molecule has 6 nitrogen and oxygen atoms in total. The van der Waals surface area contributed by atoms with Crippen LogP contribution in [0.1, 0.15) is 106 Å². The lowest BCUT2D eigenvalue weighted by Gasteiger charge is -2.19. The lowest BCUT2D eigenvalue weighted by atomic mass is 9.88. The van der Waals surface area contributed by atoms with Crippen LogP contribution in [0.4, 0.5) is 0 Å². The van der Waals surface area contributed by atoms with E-state index < -0.39 is 19.5 Å². The minimum absolute atomic E-state index is 0.688. The van der Waals surface area contributed by atoms with E-state index in [1.165, 1.54) is 76.3 Å². The van der Waals surface area contributed by atoms with Crippen LogP contribution in [0.3, 0.4) is 0 Å². The van der Waals surface area contributed by atoms with Crippen molar-refractivity contribution in [3.8, 4) is 34.3 Å². The van der Waals surface area contributed by atoms with Crippen molar-refractivity contribution in [2.24, 2.45) is 23.7 Å². The van der Waals surface area contributed by atoms with Crippen LogP contribution in [0.25, 0.3) is 22.8 Å². The molecule has 3 aromatic rings. The number of rotatable bonds is 22. The van der Waals surface area contributed by atoms with Crippen LogP contribution in [-0.4, -0.2) is 39.5 Å². The molecule has 3 rings (SSSR count). The Morgan fingerprint density at radius 1 is 0.568 bits per heavy atom. The first-order chi connectivity index (χ1) is 21.4. The van der Waals surface area contributed by atoms with Gasteiger partial charge in [-0.05, 0) is 60.0 Å². The van der Waals surface area contributed by atoms with E-state index in [1.54, 1.807) is 24.8 Å². The number of hydrogen-bond acceptors (Lipinski definition) is 6. The Morgan fingerprint density at radius 3 is 1.32 bits per heavy atom. The van der Waals surface area contributed by atoms with Crippen LogP contribution in [0.15, 0.2) is 49.1 Å². The molecule has 44 heavy (non-hydrogen) atoms. The zero-order chi connectivity index (χ0) is 31.6. The minimum Gasteiger partial charge on any atom is -0.548 e. The van der Waals surface area contributed by atoms with E-state index in [0.717, 1.165) is 46.6 Å². The van der Waals surface area contributed by atoms with Crippen molar-refractivity contribution < 1.29 is 8.85 Å². The third-order valence-corrected chi connectivity index (χ3v) is 11.9. The summed E-state index contributed by atoms with van der Waals surface area (Å²) in [6.45, 7) is 14.2. The van der Waals surface area contributed by atoms with Gasteiger partial charge in [0.1, 0.15) is 34.3 Å². The van der Waals surface area contributed by atoms with Crippen LogP contribution in [-0.2, 0) is 0 Å². The van der Waals surface area contributed by atoms with Gasteiger partial charge in [0.15, 0.2) is 0 Å². The SMILES string of the molecule is CCCCC(C)C(C)CCC[SiH2]Oc1cccnc1-c1cnc(-c2ncccc2O[SiH2]CCCC(C)C(C)CCCC)cn1. The fourth-order valence-corrected chi connectivity index (χ4v) is 7.84. The van der Waals surface area contributed by atoms with Gasteiger partial charge in [-0.1, -0.05) is 106 Å². The summed E-state index contributed by atoms with van der Waals surface area (Å²) in [5, 5.41) is 0. The van der Waals surface area contributed by atoms with Crippen LogP contribution < -0.4 is 8.85 Å². The number of nitrogens with zero attached hydrogens (tertiary/aromatic N) is 4. The quantitative estimate of drug-likeness (QED) is 0.0812. The summed E-state index contributed by atoms with van der Waals surface area (Å²) in [4.78, 5) is 18.7. The van der Waals surface area contributed by atoms with Gasteiger partial charge in [0, 0.05) is 12.4 Å². The summed E-state index contributed by atoms with van der Waals surface area (Å²) >= 11 is 0. The van der Waals surface area contributed by atoms with Gasteiger partial charge in [-0.15, -0.1) is 0 Å². The first-order valence-corrected chi connectivity index (χ1v) is 20.6. The topological polar surface area (TPSA) is 70.0 Å². The van der Waals surface area contributed by atoms with Crippen LogP contribution in [0.2, 0.25) is 12.1 Å². The van der Waals surface area contributed by atoms with Crippen molar-refractivity contribution in [3.63, 3.8) is 0 Å². The summed E-state index contributed by atoms with van der Waals surface area (Å²) in [7, 11) is -1.38. The van der Waals surface area contributed by atoms with Gasteiger partial charge in [0.25, 0.3) is 0 Å². The molecule has 4 unspecified atom stereocenters. The van der Waals surface area contributed by atoms with Gasteiger partial charge in [0.2, 0.25) is 19.5 Å². The van der Waals surface area contributed by atoms with E-state index in [0.29, 0.717) is 11.4 Å². The van der Waals surface area contributed by atoms with Gasteiger partial charge < -0.3 is 8.85 Å². The van der Waals surface area contributed by atoms with Gasteiger partial charge in [0.05, 0.1) is 12.4 Å². The molecular formula is C36H58N4O2Si2. The van der Waals surface area contributed by atoms with Crippen molar-refractivity contribution in [3.05, 3.63) is 49.1 Å². The monoisotopic (exact) mass is 634 g/mol. The van der Waals surface area contributed by atoms with Crippen LogP contribution in [0, 0.1) is 23.7 Å². The molecule has 8 heteroatoms. The van der Waals surface area contributed by atoms with E-state index in [4.69, 9.17) is 18.8 Å². The molecule has 0 aliphatic carbocycles. The maximum Gasteiger partial charge on any atom is 0.219 e. The van der Waals surface area contributed by atoms with E-state index in [9.17, 15) is 0 Å². The molecule has 242 valence electrons. The second-order valence-corrected chi connectivity index (χ2v) is 15.7. The molecule has 0 spiro atoms. The lowest BCUT2D eigenvalue weighted by molar-refractivity contribution is 0.333. The standard InChI is InChI=1S/C36H58N4O2Si2/c1-7-9-15-27(3)29(5)17-13-23-43-41-33-19-11-21-37-35(33)31-25-40-32(26-39-31)36-34(20-12-22-38-36)42-44-24-14-18-30(6)28(4)16-10-8-2/h11-12,19-22,25-30H,7-10,13-18,23-24,43-44H2,1-6H3. The first-order valence-electron chi connectivity index (χ1n) is 17.4. The highest BCUT2D eigenvalue weighted by Crippen LogP contribution is 2.30. The molecule has 0 bridgehead atoms. The van der Waals surface area contributed by atoms with Crippen LogP contribution >= 0.6 is 0 Å². The molecule has 0 aromatic carbocycles. The predicted octanol–water partition coefficient (Wildman–Crippen LogP) is 8.85. The van der Waals surface area contributed by atoms with Crippen molar-refractivity contribution in [2.75, 3.05) is 0 Å². The Labute approximate surface area is 272 Å². The van der Waals surface area contributed by atoms with Gasteiger partial charge in [-0.25, -0.2) is 0 Å². The predicted molar refractivity (Wildman–Crippen MR) is 191 cm³/mol. The fourth-order valence-electron chi connectivity index (χ4n) is 5.66. The Balaban J connectivity index is 1.51. The second kappa shape index (κ2) is 20.4. The number of aromatic nitrogens is 4. The van der Waals surface area contributed by atoms with Crippen molar-refractivity contribution >= 4 is 19.5 Å². The highest BCUT2D eigenvalue weighted by atomic mass is 28.2. The zero-order valence-electron chi connectivity index (χ0n) is 28.4. The van der Waals surface area contributed by atoms with E-state index in [-0.39, 0.29) is 0 Å². The zero-order valence-corrected chi connectivity index (χ0v) is 31.3. The summed E-state index contributed by atoms with van der Waals surface area (Å²) in [6, 6.07) is 10.2. The normalized spacial score (nSPS) is 14.7. The summed E-state index contributed by atoms with van der Waals surface area (Å²) in [5.74, 6) is 4.80. The fraction of sp³-hybridized carbons (Fsp3) is 0.611. The molecule has 4 atom stereocenters. The summed E-state index contributed by atoms with van der Waals surface area (Å²) < 4.78 is 12.6. The van der Waals surface area contributed by atoms with Gasteiger partial charge >= 0.3 is 0 Å². The maximum absolute atomic E-state index is 6.32. The molecule has 0 amide bonds. The number of pyridine rings is 2. The highest BCUT2D eigenvalue weighted by Gasteiger charge is 2.15. The van der Waals surface area contributed by atoms with Crippen molar-refractivity contribution in [2.45, 2.75) is 118 Å². The summed E-state index contributed by atoms with van der Waals surface area (Å²) in [6.07, 6.45) is 20.1. The second-order valence-electron chi connectivity index (χ2n) is 12.9. The number of hydrogen-bond donors (Lipinski definition) is 0. The van der Waals surface area contributed by atoms with Gasteiger partial charge in [-0.3, -0.25) is 19.9 Å². The lowest BCUT2D eigenvalue weighted by Crippen LogP contribution is -2.10. The average molecular weight is 635 g/mol. The average Bonchev–Trinajstić information content (AvgIpc) is 3.06. The van der Waals surface area contributed by atoms with Crippen molar-refractivity contribution in [1.29, 1.82) is 0 Å². The minimum atomic E-state index is -0.688. The Morgan fingerprint density at radius 2 is 0.955 bits per heavy atom. The van der Waals surface area contributed by atoms with E-state index in [1.807, 2.05) is 24.3 Å². The Kier molecular flexibility index (Phi) is 16.7. The number of unbranched alkanes of at least 4 members (excludes halogenated alkanes) is 2. The first kappa shape index (κ1) is 35.9. The van der Waals surface area contributed by atoms with Gasteiger partial charge in [-0.2, -0.15) is 0 Å². The highest BCUT2D eigenvalue weighted by molar-refractivity contribution is 6.28. The molecule has 0 radical (unpaired) electrons. The third kappa shape index (κ3) is 12.1. The van der Waals surface area contributed by atoms with E-state index >= 15 is 0 Å². The molecule has 0 N–H and O–H groups in total. The third-order valence-electron chi connectivity index (χ3n) is 9.27. The van der Waals surface area contributed by atoms with Crippen LogP contribution in [0.5, 0.6) is 11.5 Å². The molecule has 0 saturated carbocycles. The smallest absolute Gasteiger partial charge is 0.219 e. The molecule has 3 heterocycles. The molecule has 3 aromatic heterocycles. The molecule has 0 saturated heterocycles. The molecule has 0 fully saturated rings. The molecular weight excluding hydrogens is 577 g/mol. The molecule has 0 aliphatic heterocycles. The maximum atomic E-state index is 6.32.